The zero-order valence-electron chi connectivity index (χ0n) is 16.0. The van der Waals surface area contributed by atoms with Gasteiger partial charge in [0.15, 0.2) is 0 Å². The van der Waals surface area contributed by atoms with Gasteiger partial charge in [0.1, 0.15) is 5.69 Å². The molecule has 0 spiro atoms. The first-order valence-electron chi connectivity index (χ1n) is 9.84. The Balaban J connectivity index is 0.00000205. The molecule has 2 saturated heterocycles. The Morgan fingerprint density at radius 1 is 1.17 bits per heavy atom. The van der Waals surface area contributed by atoms with Gasteiger partial charge in [-0.3, -0.25) is 14.6 Å². The maximum Gasteiger partial charge on any atom is 0.274 e. The zero-order chi connectivity index (χ0) is 19.1. The number of pyridine rings is 1. The Labute approximate surface area is 174 Å². The van der Waals surface area contributed by atoms with Crippen molar-refractivity contribution >= 4 is 18.3 Å². The van der Waals surface area contributed by atoms with Crippen molar-refractivity contribution in [3.63, 3.8) is 0 Å². The molecule has 1 amide bonds. The van der Waals surface area contributed by atoms with Crippen LogP contribution < -0.4 is 10.9 Å². The number of piperidine rings is 1. The summed E-state index contributed by atoms with van der Waals surface area (Å²) in [7, 11) is 0. The number of nitrogens with one attached hydrogen (secondary N) is 1. The number of rotatable bonds is 2. The molecule has 3 aliphatic rings. The monoisotopic (exact) mass is 417 g/mol. The maximum absolute atomic E-state index is 12.8. The van der Waals surface area contributed by atoms with Crippen LogP contribution in [0.15, 0.2) is 29.3 Å². The Bertz CT molecular complexity index is 973. The normalized spacial score (nSPS) is 23.1. The van der Waals surface area contributed by atoms with Crippen LogP contribution in [0.1, 0.15) is 28.5 Å². The summed E-state index contributed by atoms with van der Waals surface area (Å²) in [4.78, 5) is 36.0. The predicted molar refractivity (Wildman–Crippen MR) is 109 cm³/mol. The molecule has 0 unspecified atom stereocenters. The second-order valence-electron chi connectivity index (χ2n) is 7.77. The van der Waals surface area contributed by atoms with Gasteiger partial charge in [-0.1, -0.05) is 0 Å². The molecular formula is C20H24ClN5O3. The van der Waals surface area contributed by atoms with E-state index in [1.807, 2.05) is 10.6 Å². The minimum absolute atomic E-state index is 0. The van der Waals surface area contributed by atoms with Crippen molar-refractivity contribution in [3.05, 3.63) is 46.3 Å². The highest BCUT2D eigenvalue weighted by Crippen LogP contribution is 2.33. The molecule has 2 atom stereocenters. The molecular weight excluding hydrogens is 394 g/mol. The van der Waals surface area contributed by atoms with Crippen LogP contribution in [0.5, 0.6) is 0 Å². The molecule has 2 bridgehead atoms. The number of carbonyl (C=O) groups is 1. The molecule has 2 fully saturated rings. The SMILES string of the molecule is Cl.O=C(c1cncc(-c2cc3n(c(=O)c2)C[C@@H]2CNC[C@H]3C2)n1)N1CCOCC1. The maximum atomic E-state index is 12.8. The Morgan fingerprint density at radius 2 is 2.00 bits per heavy atom. The zero-order valence-corrected chi connectivity index (χ0v) is 16.9. The third kappa shape index (κ3) is 3.80. The van der Waals surface area contributed by atoms with Gasteiger partial charge >= 0.3 is 0 Å². The van der Waals surface area contributed by atoms with Crippen molar-refractivity contribution in [1.82, 2.24) is 24.8 Å². The molecule has 0 saturated carbocycles. The highest BCUT2D eigenvalue weighted by atomic mass is 35.5. The van der Waals surface area contributed by atoms with E-state index in [1.54, 1.807) is 17.2 Å². The summed E-state index contributed by atoms with van der Waals surface area (Å²) >= 11 is 0. The van der Waals surface area contributed by atoms with Crippen LogP contribution in [-0.2, 0) is 11.3 Å². The van der Waals surface area contributed by atoms with Gasteiger partial charge in [-0.15, -0.1) is 12.4 Å². The molecule has 5 heterocycles. The lowest BCUT2D eigenvalue weighted by atomic mass is 9.83. The number of ether oxygens (including phenoxy) is 1. The van der Waals surface area contributed by atoms with Crippen molar-refractivity contribution < 1.29 is 9.53 Å². The Hall–Kier alpha value is -2.29. The lowest BCUT2D eigenvalue weighted by Crippen LogP contribution is -2.44. The van der Waals surface area contributed by atoms with Gasteiger partial charge in [0.25, 0.3) is 11.5 Å². The number of fused-ring (bicyclic) bond motifs is 4. The lowest BCUT2D eigenvalue weighted by molar-refractivity contribution is 0.0299. The van der Waals surface area contributed by atoms with Crippen molar-refractivity contribution in [2.24, 2.45) is 5.92 Å². The van der Waals surface area contributed by atoms with Crippen LogP contribution in [0.2, 0.25) is 0 Å². The first-order chi connectivity index (χ1) is 13.7. The number of hydrogen-bond acceptors (Lipinski definition) is 6. The quantitative estimate of drug-likeness (QED) is 0.781. The summed E-state index contributed by atoms with van der Waals surface area (Å²) < 4.78 is 7.21. The van der Waals surface area contributed by atoms with E-state index in [4.69, 9.17) is 4.74 Å². The fraction of sp³-hybridized carbons (Fsp3) is 0.500. The predicted octanol–water partition coefficient (Wildman–Crippen LogP) is 0.906. The van der Waals surface area contributed by atoms with Gasteiger partial charge in [-0.25, -0.2) is 4.98 Å². The number of hydrogen-bond donors (Lipinski definition) is 1. The number of aromatic nitrogens is 3. The van der Waals surface area contributed by atoms with E-state index in [-0.39, 0.29) is 23.9 Å². The smallest absolute Gasteiger partial charge is 0.274 e. The van der Waals surface area contributed by atoms with Gasteiger partial charge < -0.3 is 19.5 Å². The second kappa shape index (κ2) is 8.22. The third-order valence-corrected chi connectivity index (χ3v) is 5.91. The Kier molecular flexibility index (Phi) is 5.67. The summed E-state index contributed by atoms with van der Waals surface area (Å²) in [6, 6.07) is 3.66. The molecule has 154 valence electrons. The van der Waals surface area contributed by atoms with Gasteiger partial charge in [0, 0.05) is 49.4 Å². The Morgan fingerprint density at radius 3 is 2.83 bits per heavy atom. The first kappa shape index (κ1) is 20.0. The van der Waals surface area contributed by atoms with E-state index in [9.17, 15) is 9.59 Å². The summed E-state index contributed by atoms with van der Waals surface area (Å²) in [6.45, 7) is 4.82. The van der Waals surface area contributed by atoms with E-state index in [2.05, 4.69) is 15.3 Å². The summed E-state index contributed by atoms with van der Waals surface area (Å²) in [6.07, 6.45) is 4.21. The molecule has 8 nitrogen and oxygen atoms in total. The second-order valence-corrected chi connectivity index (χ2v) is 7.77. The lowest BCUT2D eigenvalue weighted by Gasteiger charge is -2.37. The van der Waals surface area contributed by atoms with E-state index in [1.165, 1.54) is 6.20 Å². The van der Waals surface area contributed by atoms with Crippen LogP contribution in [0.25, 0.3) is 11.3 Å². The van der Waals surface area contributed by atoms with Crippen LogP contribution in [0.3, 0.4) is 0 Å². The summed E-state index contributed by atoms with van der Waals surface area (Å²) in [5.41, 5.74) is 2.64. The molecule has 1 N–H and O–H groups in total. The highest BCUT2D eigenvalue weighted by molar-refractivity contribution is 5.92. The van der Waals surface area contributed by atoms with Crippen molar-refractivity contribution in [2.75, 3.05) is 39.4 Å². The third-order valence-electron chi connectivity index (χ3n) is 5.91. The van der Waals surface area contributed by atoms with Crippen LogP contribution in [-0.4, -0.2) is 64.7 Å². The molecule has 2 aromatic heterocycles. The van der Waals surface area contributed by atoms with Gasteiger partial charge in [-0.2, -0.15) is 0 Å². The molecule has 29 heavy (non-hydrogen) atoms. The molecule has 9 heteroatoms. The van der Waals surface area contributed by atoms with E-state index in [0.717, 1.165) is 37.3 Å². The van der Waals surface area contributed by atoms with Gasteiger partial charge in [0.2, 0.25) is 0 Å². The van der Waals surface area contributed by atoms with E-state index in [0.29, 0.717) is 49.5 Å². The van der Waals surface area contributed by atoms with Crippen LogP contribution in [0, 0.1) is 5.92 Å². The van der Waals surface area contributed by atoms with E-state index >= 15 is 0 Å². The highest BCUT2D eigenvalue weighted by Gasteiger charge is 2.31. The van der Waals surface area contributed by atoms with Gasteiger partial charge in [0.05, 0.1) is 31.3 Å². The van der Waals surface area contributed by atoms with Crippen molar-refractivity contribution in [2.45, 2.75) is 18.9 Å². The van der Waals surface area contributed by atoms with Crippen LogP contribution in [0.4, 0.5) is 0 Å². The number of halogens is 1. The standard InChI is InChI=1S/C20H23N5O3.ClH/c26-19-7-14(6-18-15-5-13(8-21-9-15)12-25(18)19)16-10-22-11-17(23-16)20(27)24-1-3-28-4-2-24;/h6-7,10-11,13,15,21H,1-5,8-9,12H2;1H/t13-,15+;/m0./s1. The average Bonchev–Trinajstić information content (AvgIpc) is 2.75. The first-order valence-corrected chi connectivity index (χ1v) is 9.84. The number of morpholine rings is 1. The molecule has 0 radical (unpaired) electrons. The summed E-state index contributed by atoms with van der Waals surface area (Å²) in [5.74, 6) is 0.710. The number of nitrogens with zero attached hydrogens (tertiary/aromatic N) is 4. The van der Waals surface area contributed by atoms with Crippen LogP contribution >= 0.6 is 12.4 Å². The fourth-order valence-corrected chi connectivity index (χ4v) is 4.49. The molecule has 2 aromatic rings. The minimum atomic E-state index is -0.147. The average molecular weight is 418 g/mol. The molecule has 0 aliphatic carbocycles. The fourth-order valence-electron chi connectivity index (χ4n) is 4.49. The molecule has 3 aliphatic heterocycles. The topological polar surface area (TPSA) is 89.3 Å². The van der Waals surface area contributed by atoms with Crippen molar-refractivity contribution in [3.8, 4) is 11.3 Å². The van der Waals surface area contributed by atoms with E-state index < -0.39 is 0 Å². The minimum Gasteiger partial charge on any atom is -0.378 e. The number of amides is 1. The number of carbonyl (C=O) groups excluding carboxylic acids is 1. The molecule has 0 aromatic carbocycles. The summed E-state index contributed by atoms with van der Waals surface area (Å²) in [5, 5.41) is 3.46. The van der Waals surface area contributed by atoms with Gasteiger partial charge in [-0.05, 0) is 24.9 Å². The molecule has 5 rings (SSSR count). The van der Waals surface area contributed by atoms with Crippen molar-refractivity contribution in [1.29, 1.82) is 0 Å². The largest absolute Gasteiger partial charge is 0.378 e.